The van der Waals surface area contributed by atoms with Gasteiger partial charge in [-0.25, -0.2) is 9.37 Å². The largest absolute Gasteiger partial charge is 0.308 e. The van der Waals surface area contributed by atoms with Crippen molar-refractivity contribution in [3.05, 3.63) is 64.6 Å². The number of rotatable bonds is 6. The van der Waals surface area contributed by atoms with Crippen molar-refractivity contribution in [3.8, 4) is 0 Å². The van der Waals surface area contributed by atoms with Crippen LogP contribution in [0.25, 0.3) is 0 Å². The van der Waals surface area contributed by atoms with Crippen molar-refractivity contribution in [2.24, 2.45) is 0 Å². The molecule has 1 heterocycles. The van der Waals surface area contributed by atoms with Gasteiger partial charge in [-0.15, -0.1) is 0 Å². The van der Waals surface area contributed by atoms with Gasteiger partial charge in [0, 0.05) is 24.4 Å². The van der Waals surface area contributed by atoms with Crippen molar-refractivity contribution in [1.29, 1.82) is 0 Å². The third-order valence-corrected chi connectivity index (χ3v) is 3.09. The first kappa shape index (κ1) is 14.4. The molecular formula is C15H18FN3O. The van der Waals surface area contributed by atoms with Crippen LogP contribution in [-0.2, 0) is 6.54 Å². The summed E-state index contributed by atoms with van der Waals surface area (Å²) < 4.78 is 15.4. The summed E-state index contributed by atoms with van der Waals surface area (Å²) >= 11 is 0. The topological polar surface area (TPSA) is 46.9 Å². The molecule has 2 rings (SSSR count). The number of hydrogen-bond donors (Lipinski definition) is 1. The minimum atomic E-state index is -0.266. The Kier molecular flexibility index (Phi) is 5.01. The van der Waals surface area contributed by atoms with E-state index in [4.69, 9.17) is 0 Å². The second-order valence-electron chi connectivity index (χ2n) is 4.60. The molecule has 0 spiro atoms. The van der Waals surface area contributed by atoms with Crippen LogP contribution >= 0.6 is 0 Å². The van der Waals surface area contributed by atoms with Crippen molar-refractivity contribution in [3.63, 3.8) is 0 Å². The normalized spacial score (nSPS) is 12.3. The Bertz CT molecular complexity index is 612. The summed E-state index contributed by atoms with van der Waals surface area (Å²) in [6.45, 7) is 3.16. The Morgan fingerprint density at radius 3 is 2.85 bits per heavy atom. The van der Waals surface area contributed by atoms with Crippen LogP contribution in [-0.4, -0.2) is 16.1 Å². The van der Waals surface area contributed by atoms with E-state index in [9.17, 15) is 9.18 Å². The molecule has 5 heteroatoms. The molecule has 0 saturated carbocycles. The van der Waals surface area contributed by atoms with E-state index >= 15 is 0 Å². The van der Waals surface area contributed by atoms with Gasteiger partial charge in [0.05, 0.1) is 12.4 Å². The molecule has 20 heavy (non-hydrogen) atoms. The number of halogens is 1. The molecule has 0 fully saturated rings. The van der Waals surface area contributed by atoms with Gasteiger partial charge < -0.3 is 5.32 Å². The summed E-state index contributed by atoms with van der Waals surface area (Å²) in [6, 6.07) is 7.78. The zero-order chi connectivity index (χ0) is 14.4. The Morgan fingerprint density at radius 1 is 1.35 bits per heavy atom. The van der Waals surface area contributed by atoms with E-state index in [0.29, 0.717) is 12.1 Å². The van der Waals surface area contributed by atoms with Crippen LogP contribution < -0.4 is 10.9 Å². The monoisotopic (exact) mass is 275 g/mol. The van der Waals surface area contributed by atoms with E-state index in [0.717, 1.165) is 13.0 Å². The molecule has 1 N–H and O–H groups in total. The van der Waals surface area contributed by atoms with Crippen LogP contribution in [0.15, 0.2) is 47.7 Å². The molecule has 1 aromatic carbocycles. The highest BCUT2D eigenvalue weighted by Crippen LogP contribution is 2.18. The van der Waals surface area contributed by atoms with Crippen LogP contribution in [0.2, 0.25) is 0 Å². The number of benzene rings is 1. The maximum atomic E-state index is 13.9. The lowest BCUT2D eigenvalue weighted by molar-refractivity contribution is 0.435. The second-order valence-corrected chi connectivity index (χ2v) is 4.60. The predicted molar refractivity (Wildman–Crippen MR) is 75.9 cm³/mol. The van der Waals surface area contributed by atoms with Gasteiger partial charge in [-0.3, -0.25) is 9.36 Å². The smallest absolute Gasteiger partial charge is 0.253 e. The van der Waals surface area contributed by atoms with Gasteiger partial charge in [0.15, 0.2) is 0 Å². The van der Waals surface area contributed by atoms with Crippen molar-refractivity contribution in [2.75, 3.05) is 6.54 Å². The van der Waals surface area contributed by atoms with Crippen molar-refractivity contribution < 1.29 is 4.39 Å². The lowest BCUT2D eigenvalue weighted by Gasteiger charge is -2.20. The average molecular weight is 275 g/mol. The fourth-order valence-corrected chi connectivity index (χ4v) is 2.06. The first-order valence-corrected chi connectivity index (χ1v) is 6.70. The van der Waals surface area contributed by atoms with Gasteiger partial charge in [0.1, 0.15) is 5.82 Å². The average Bonchev–Trinajstić information content (AvgIpc) is 2.46. The van der Waals surface area contributed by atoms with Crippen LogP contribution in [0, 0.1) is 5.82 Å². The third-order valence-electron chi connectivity index (χ3n) is 3.09. The molecule has 106 valence electrons. The lowest BCUT2D eigenvalue weighted by Crippen LogP contribution is -2.31. The highest BCUT2D eigenvalue weighted by molar-refractivity contribution is 5.21. The Morgan fingerprint density at radius 2 is 2.15 bits per heavy atom. The molecule has 0 aliphatic rings. The fraction of sp³-hybridized carbons (Fsp3) is 0.333. The van der Waals surface area contributed by atoms with Crippen molar-refractivity contribution in [1.82, 2.24) is 14.9 Å². The number of nitrogens with zero attached hydrogens (tertiary/aromatic N) is 2. The zero-order valence-electron chi connectivity index (χ0n) is 11.4. The molecule has 2 aromatic rings. The third kappa shape index (κ3) is 3.51. The maximum absolute atomic E-state index is 13.9. The molecule has 1 atom stereocenters. The van der Waals surface area contributed by atoms with Gasteiger partial charge in [-0.1, -0.05) is 25.1 Å². The highest BCUT2D eigenvalue weighted by atomic mass is 19.1. The molecule has 0 amide bonds. The van der Waals surface area contributed by atoms with Crippen molar-refractivity contribution >= 4 is 0 Å². The van der Waals surface area contributed by atoms with Gasteiger partial charge >= 0.3 is 0 Å². The molecule has 0 aliphatic heterocycles. The van der Waals surface area contributed by atoms with E-state index < -0.39 is 0 Å². The Balaban J connectivity index is 2.27. The quantitative estimate of drug-likeness (QED) is 0.878. The molecule has 1 unspecified atom stereocenters. The molecule has 0 saturated heterocycles. The summed E-state index contributed by atoms with van der Waals surface area (Å²) in [6.07, 6.45) is 3.87. The molecular weight excluding hydrogens is 257 g/mol. The zero-order valence-corrected chi connectivity index (χ0v) is 11.4. The van der Waals surface area contributed by atoms with Crippen LogP contribution in [0.1, 0.15) is 24.9 Å². The van der Waals surface area contributed by atoms with E-state index in [1.165, 1.54) is 29.2 Å². The first-order chi connectivity index (χ1) is 9.72. The van der Waals surface area contributed by atoms with Gasteiger partial charge in [0.2, 0.25) is 0 Å². The maximum Gasteiger partial charge on any atom is 0.253 e. The van der Waals surface area contributed by atoms with Gasteiger partial charge in [0.25, 0.3) is 5.56 Å². The number of nitrogens with one attached hydrogen (secondary N) is 1. The molecule has 0 aliphatic carbocycles. The van der Waals surface area contributed by atoms with E-state index in [1.54, 1.807) is 18.2 Å². The second kappa shape index (κ2) is 6.96. The molecule has 0 bridgehead atoms. The minimum Gasteiger partial charge on any atom is -0.308 e. The predicted octanol–water partition coefficient (Wildman–Crippen LogP) is 2.12. The SMILES string of the molecule is CCCNC(Cn1cnccc1=O)c1ccccc1F. The van der Waals surface area contributed by atoms with Crippen molar-refractivity contribution in [2.45, 2.75) is 25.9 Å². The fourth-order valence-electron chi connectivity index (χ4n) is 2.06. The first-order valence-electron chi connectivity index (χ1n) is 6.70. The molecule has 1 aromatic heterocycles. The van der Waals surface area contributed by atoms with Gasteiger partial charge in [-0.2, -0.15) is 0 Å². The van der Waals surface area contributed by atoms with Crippen LogP contribution in [0.3, 0.4) is 0 Å². The Hall–Kier alpha value is -2.01. The minimum absolute atomic E-state index is 0.139. The summed E-state index contributed by atoms with van der Waals surface area (Å²) in [5.41, 5.74) is 0.427. The molecule has 0 radical (unpaired) electrons. The van der Waals surface area contributed by atoms with Gasteiger partial charge in [-0.05, 0) is 19.0 Å². The lowest BCUT2D eigenvalue weighted by atomic mass is 10.1. The number of aromatic nitrogens is 2. The number of hydrogen-bond acceptors (Lipinski definition) is 3. The van der Waals surface area contributed by atoms with E-state index in [2.05, 4.69) is 10.3 Å². The van der Waals surface area contributed by atoms with E-state index in [-0.39, 0.29) is 17.4 Å². The molecule has 4 nitrogen and oxygen atoms in total. The standard InChI is InChI=1S/C15H18FN3O/c1-2-8-18-14(12-5-3-4-6-13(12)16)10-19-11-17-9-7-15(19)20/h3-7,9,11,14,18H,2,8,10H2,1H3. The summed E-state index contributed by atoms with van der Waals surface area (Å²) in [5.74, 6) is -0.266. The Labute approximate surface area is 117 Å². The van der Waals surface area contributed by atoms with Crippen LogP contribution in [0.4, 0.5) is 4.39 Å². The van der Waals surface area contributed by atoms with Crippen LogP contribution in [0.5, 0.6) is 0 Å². The summed E-state index contributed by atoms with van der Waals surface area (Å²) in [5, 5.41) is 3.27. The summed E-state index contributed by atoms with van der Waals surface area (Å²) in [7, 11) is 0. The highest BCUT2D eigenvalue weighted by Gasteiger charge is 2.15. The summed E-state index contributed by atoms with van der Waals surface area (Å²) in [4.78, 5) is 15.7. The van der Waals surface area contributed by atoms with E-state index in [1.807, 2.05) is 6.92 Å².